The molecule has 382 valence electrons. The third kappa shape index (κ3) is 12.9. The van der Waals surface area contributed by atoms with E-state index in [1.165, 1.54) is 23.7 Å². The molecule has 19 heteroatoms. The molecule has 68 heavy (non-hydrogen) atoms. The zero-order chi connectivity index (χ0) is 50.7. The van der Waals surface area contributed by atoms with Gasteiger partial charge in [0.1, 0.15) is 24.4 Å². The van der Waals surface area contributed by atoms with Gasteiger partial charge in [0.05, 0.1) is 86.4 Å². The van der Waals surface area contributed by atoms with E-state index in [1.807, 2.05) is 41.8 Å². The molecular formula is C49H77FN5O12S+. The molecule has 3 saturated heterocycles. The first-order valence-electron chi connectivity index (χ1n) is 23.8. The van der Waals surface area contributed by atoms with Gasteiger partial charge in [-0.1, -0.05) is 51.6 Å². The van der Waals surface area contributed by atoms with Crippen LogP contribution in [-0.4, -0.2) is 168 Å². The summed E-state index contributed by atoms with van der Waals surface area (Å²) in [6.07, 6.45) is -2.90. The van der Waals surface area contributed by atoms with Gasteiger partial charge >= 0.3 is 5.97 Å². The van der Waals surface area contributed by atoms with Crippen LogP contribution in [0.5, 0.6) is 0 Å². The molecule has 3 aliphatic heterocycles. The monoisotopic (exact) mass is 979 g/mol. The van der Waals surface area contributed by atoms with Crippen LogP contribution in [0.15, 0.2) is 52.5 Å². The van der Waals surface area contributed by atoms with Crippen LogP contribution < -0.4 is 0 Å². The maximum atomic E-state index is 14.4. The van der Waals surface area contributed by atoms with Crippen molar-refractivity contribution >= 4 is 27.4 Å². The molecule has 15 atom stereocenters. The van der Waals surface area contributed by atoms with Gasteiger partial charge in [0.2, 0.25) is 5.91 Å². The lowest BCUT2D eigenvalue weighted by molar-refractivity contribution is -0.921. The fourth-order valence-corrected chi connectivity index (χ4v) is 11.1. The zero-order valence-electron chi connectivity index (χ0n) is 42.0. The number of aliphatic hydroxyl groups excluding tert-OH is 2. The number of esters is 1. The number of cyclic esters (lactones) is 1. The van der Waals surface area contributed by atoms with E-state index < -0.39 is 112 Å². The summed E-state index contributed by atoms with van der Waals surface area (Å²) < 4.78 is 72.7. The summed E-state index contributed by atoms with van der Waals surface area (Å²) >= 11 is 0. The molecule has 17 nitrogen and oxygen atoms in total. The molecule has 3 N–H and O–H groups in total. The van der Waals surface area contributed by atoms with E-state index in [4.69, 9.17) is 23.7 Å². The van der Waals surface area contributed by atoms with Crippen LogP contribution in [0, 0.1) is 23.7 Å². The van der Waals surface area contributed by atoms with E-state index in [9.17, 15) is 37.7 Å². The van der Waals surface area contributed by atoms with Gasteiger partial charge in [-0.25, -0.2) is 22.5 Å². The van der Waals surface area contributed by atoms with Gasteiger partial charge in [-0.2, -0.15) is 0 Å². The average molecular weight is 979 g/mol. The Bertz CT molecular complexity index is 2200. The Hall–Kier alpha value is -3.53. The molecular weight excluding hydrogens is 902 g/mol. The van der Waals surface area contributed by atoms with E-state index in [-0.39, 0.29) is 43.5 Å². The number of halogens is 1. The number of aliphatic imine (C=N–C) groups is 1. The number of benzene rings is 1. The number of amides is 1. The first kappa shape index (κ1) is 55.4. The minimum absolute atomic E-state index is 0.0112. The number of sulfone groups is 1. The first-order valence-corrected chi connectivity index (χ1v) is 25.7. The zero-order valence-corrected chi connectivity index (χ0v) is 42.8. The van der Waals surface area contributed by atoms with Gasteiger partial charge in [0, 0.05) is 49.8 Å². The minimum atomic E-state index is -3.37. The summed E-state index contributed by atoms with van der Waals surface area (Å²) in [5.41, 5.74) is -0.730. The largest absolute Gasteiger partial charge is 0.459 e. The van der Waals surface area contributed by atoms with Crippen molar-refractivity contribution in [1.82, 2.24) is 15.0 Å². The molecule has 1 aromatic carbocycles. The second kappa shape index (κ2) is 22.3. The number of alkyl halides is 1. The van der Waals surface area contributed by atoms with Crippen molar-refractivity contribution in [3.05, 3.63) is 53.9 Å². The van der Waals surface area contributed by atoms with E-state index >= 15 is 0 Å². The van der Waals surface area contributed by atoms with Crippen molar-refractivity contribution in [2.24, 2.45) is 28.7 Å². The third-order valence-electron chi connectivity index (χ3n) is 14.5. The summed E-state index contributed by atoms with van der Waals surface area (Å²) in [5.74, 6) is -4.30. The Morgan fingerprint density at radius 3 is 2.35 bits per heavy atom. The maximum absolute atomic E-state index is 14.4. The number of fused-ring (bicyclic) bond motifs is 5. The fraction of sp³-hybridized carbons (Fsp3) is 0.735. The molecule has 1 aromatic heterocycles. The third-order valence-corrected chi connectivity index (χ3v) is 15.7. The lowest BCUT2D eigenvalue weighted by Crippen LogP contribution is -2.64. The van der Waals surface area contributed by atoms with E-state index in [1.54, 1.807) is 46.0 Å². The summed E-state index contributed by atoms with van der Waals surface area (Å²) in [6, 6.07) is 5.26. The smallest absolute Gasteiger partial charge is 0.311 e. The Balaban J connectivity index is 1.45. The summed E-state index contributed by atoms with van der Waals surface area (Å²) in [6.45, 7) is 19.4. The highest BCUT2D eigenvalue weighted by atomic mass is 32.2. The second-order valence-electron chi connectivity index (χ2n) is 20.8. The van der Waals surface area contributed by atoms with Gasteiger partial charge in [-0.3, -0.25) is 9.59 Å². The number of rotatable bonds is 12. The molecule has 0 unspecified atom stereocenters. The van der Waals surface area contributed by atoms with Crippen molar-refractivity contribution in [3.63, 3.8) is 0 Å². The Morgan fingerprint density at radius 1 is 1.09 bits per heavy atom. The number of quaternary nitrogens is 1. The predicted molar refractivity (Wildman–Crippen MR) is 252 cm³/mol. The number of aliphatic hydroxyl groups is 3. The quantitative estimate of drug-likeness (QED) is 0.153. The number of likely N-dealkylation sites (N-methyl/N-ethyl adjacent to an activating group) is 1. The number of nitrogens with zero attached hydrogens (tertiary/aromatic N) is 5. The molecule has 4 heterocycles. The van der Waals surface area contributed by atoms with Gasteiger partial charge in [0.15, 0.2) is 22.2 Å². The summed E-state index contributed by atoms with van der Waals surface area (Å²) in [5, 5.41) is 45.3. The van der Waals surface area contributed by atoms with Gasteiger partial charge < -0.3 is 43.5 Å². The molecule has 0 aliphatic carbocycles. The Labute approximate surface area is 401 Å². The molecule has 2 bridgehead atoms. The maximum Gasteiger partial charge on any atom is 0.311 e. The molecule has 0 spiro atoms. The highest BCUT2D eigenvalue weighted by molar-refractivity contribution is 7.90. The minimum Gasteiger partial charge on any atom is -0.459 e. The molecule has 3 fully saturated rings. The van der Waals surface area contributed by atoms with Crippen LogP contribution in [0.25, 0.3) is 0 Å². The van der Waals surface area contributed by atoms with Crippen LogP contribution in [0.4, 0.5) is 4.39 Å². The van der Waals surface area contributed by atoms with Gasteiger partial charge in [-0.05, 0) is 76.1 Å². The van der Waals surface area contributed by atoms with Gasteiger partial charge in [0.25, 0.3) is 0 Å². The van der Waals surface area contributed by atoms with Crippen molar-refractivity contribution in [1.29, 1.82) is 0 Å². The summed E-state index contributed by atoms with van der Waals surface area (Å²) in [4.78, 5) is 31.5. The number of ether oxygens (including phenoxy) is 5. The molecule has 0 saturated carbocycles. The number of carbonyl (C=O) groups is 2. The summed E-state index contributed by atoms with van der Waals surface area (Å²) in [7, 11) is 0.619. The lowest BCUT2D eigenvalue weighted by Gasteiger charge is -2.50. The van der Waals surface area contributed by atoms with Crippen LogP contribution >= 0.6 is 0 Å². The molecule has 3 aliphatic rings. The second-order valence-corrected chi connectivity index (χ2v) is 22.8. The number of carbonyl (C=O) groups excluding carboxylic acids is 2. The van der Waals surface area contributed by atoms with Gasteiger partial charge in [-0.15, -0.1) is 5.10 Å². The van der Waals surface area contributed by atoms with Crippen molar-refractivity contribution < 1.29 is 65.9 Å². The Morgan fingerprint density at radius 2 is 1.75 bits per heavy atom. The Kier molecular flexibility index (Phi) is 18.1. The topological polar surface area (TPSA) is 218 Å². The van der Waals surface area contributed by atoms with Crippen LogP contribution in [0.1, 0.15) is 98.9 Å². The normalized spacial score (nSPS) is 36.0. The SMILES string of the molecule is C=C1CO[C@@H]2[C@@H](C)C(=NC(C)=O)[C@H](C)C[C@@](C)(OC1)[C@H](O[C@@H]1O[C@H](C)C[C@H]([N+](C)(C)CCc3cn([C@H](CF)Cc4ccc(S(C)(=O)=O)cc4)nn3)[C@H]1O)[C@@H](C)[C@H](O)[C@@H](C)C(=O)O[C@H](CC)[C@@]2(C)O. The molecule has 2 aromatic rings. The van der Waals surface area contributed by atoms with Crippen molar-refractivity contribution in [2.45, 2.75) is 166 Å². The highest BCUT2D eigenvalue weighted by Crippen LogP contribution is 2.41. The van der Waals surface area contributed by atoms with E-state index in [0.29, 0.717) is 40.8 Å². The molecule has 5 rings (SSSR count). The van der Waals surface area contributed by atoms with Crippen LogP contribution in [0.3, 0.4) is 0 Å². The van der Waals surface area contributed by atoms with E-state index in [0.717, 1.165) is 11.8 Å². The number of hydrogen-bond donors (Lipinski definition) is 3. The van der Waals surface area contributed by atoms with E-state index in [2.05, 4.69) is 21.9 Å². The lowest BCUT2D eigenvalue weighted by atomic mass is 9.73. The van der Waals surface area contributed by atoms with Crippen LogP contribution in [0.2, 0.25) is 0 Å². The van der Waals surface area contributed by atoms with Crippen molar-refractivity contribution in [3.8, 4) is 0 Å². The average Bonchev–Trinajstić information content (AvgIpc) is 3.74. The molecule has 1 amide bonds. The fourth-order valence-electron chi connectivity index (χ4n) is 10.5. The number of hydrogen-bond acceptors (Lipinski definition) is 14. The predicted octanol–water partition coefficient (Wildman–Crippen LogP) is 4.40. The molecule has 0 radical (unpaired) electrons. The van der Waals surface area contributed by atoms with Crippen LogP contribution in [-0.2, 0) is 56.0 Å². The number of aromatic nitrogens is 3. The highest BCUT2D eigenvalue weighted by Gasteiger charge is 2.54. The standard InChI is InChI=1S/C49H77FN5O12S/c1-14-40-49(10,60)45-31(5)41(51-34(8)56)29(3)23-48(9,64-27-28(2)26-63-45)44(32(6)42(57)33(7)46(59)66-40)67-47-43(58)39(21-30(4)65-47)55(11,12)20-19-36-25-54(53-52-36)37(24-50)22-35-15-17-38(18-16-35)68(13,61)62/h15-18,25,29-33,37,39-40,42-45,47,57-58,60H,2,14,19-24,26-27H2,1,3-13H3/q+1/t29-,30-,31+,32+,33-,37+,39+,40-,42+,43-,44-,45-,47+,48-,49-/m1/s1. The first-order chi connectivity index (χ1) is 31.6. The van der Waals surface area contributed by atoms with Crippen molar-refractivity contribution in [2.75, 3.05) is 46.8 Å².